The molecule has 0 atom stereocenters. The van der Waals surface area contributed by atoms with Gasteiger partial charge in [-0.25, -0.2) is 0 Å². The van der Waals surface area contributed by atoms with Gasteiger partial charge in [0.1, 0.15) is 11.5 Å². The van der Waals surface area contributed by atoms with Crippen LogP contribution in [0.4, 0.5) is 0 Å². The van der Waals surface area contributed by atoms with Gasteiger partial charge in [-0.05, 0) is 30.2 Å². The number of hydrogen-bond donors (Lipinski definition) is 0. The van der Waals surface area contributed by atoms with Gasteiger partial charge < -0.3 is 9.47 Å². The van der Waals surface area contributed by atoms with Gasteiger partial charge in [0.2, 0.25) is 0 Å². The smallest absolute Gasteiger partial charge is 0.130 e. The van der Waals surface area contributed by atoms with Gasteiger partial charge in [-0.1, -0.05) is 22.5 Å². The lowest BCUT2D eigenvalue weighted by molar-refractivity contribution is 0.391. The highest BCUT2D eigenvalue weighted by Crippen LogP contribution is 2.35. The highest BCUT2D eigenvalue weighted by atomic mass is 79.9. The second-order valence-electron chi connectivity index (χ2n) is 3.29. The van der Waals surface area contributed by atoms with Crippen LogP contribution in [0.2, 0.25) is 0 Å². The van der Waals surface area contributed by atoms with E-state index in [4.69, 9.17) is 9.47 Å². The van der Waals surface area contributed by atoms with E-state index >= 15 is 0 Å². The standard InChI is InChI=1S/C12H15BrO2/c1-8(2)12-10(14-3)5-9(7-13)6-11(12)15-4/h5-6H,1,7H2,2-4H3. The molecule has 0 aromatic heterocycles. The minimum atomic E-state index is 0.774. The molecule has 1 rings (SSSR count). The van der Waals surface area contributed by atoms with Crippen molar-refractivity contribution in [2.45, 2.75) is 12.3 Å². The van der Waals surface area contributed by atoms with Crippen molar-refractivity contribution < 1.29 is 9.47 Å². The molecule has 0 heterocycles. The zero-order valence-electron chi connectivity index (χ0n) is 9.26. The molecular weight excluding hydrogens is 256 g/mol. The van der Waals surface area contributed by atoms with Crippen LogP contribution in [0.15, 0.2) is 18.7 Å². The number of rotatable bonds is 4. The van der Waals surface area contributed by atoms with Crippen LogP contribution < -0.4 is 9.47 Å². The van der Waals surface area contributed by atoms with Crippen molar-refractivity contribution in [1.29, 1.82) is 0 Å². The lowest BCUT2D eigenvalue weighted by Crippen LogP contribution is -1.96. The van der Waals surface area contributed by atoms with Crippen molar-refractivity contribution in [1.82, 2.24) is 0 Å². The van der Waals surface area contributed by atoms with Crippen LogP contribution in [0.1, 0.15) is 18.1 Å². The Bertz CT molecular complexity index is 347. The first kappa shape index (κ1) is 12.1. The summed E-state index contributed by atoms with van der Waals surface area (Å²) < 4.78 is 10.7. The highest BCUT2D eigenvalue weighted by molar-refractivity contribution is 9.08. The molecule has 1 aromatic carbocycles. The van der Waals surface area contributed by atoms with Gasteiger partial charge in [0.05, 0.1) is 19.8 Å². The molecule has 0 amide bonds. The number of hydrogen-bond acceptors (Lipinski definition) is 2. The predicted octanol–water partition coefficient (Wildman–Crippen LogP) is 3.63. The van der Waals surface area contributed by atoms with Gasteiger partial charge in [0.25, 0.3) is 0 Å². The van der Waals surface area contributed by atoms with Crippen LogP contribution in [-0.4, -0.2) is 14.2 Å². The molecule has 15 heavy (non-hydrogen) atoms. The number of methoxy groups -OCH3 is 2. The number of alkyl halides is 1. The third-order valence-corrected chi connectivity index (χ3v) is 2.79. The lowest BCUT2D eigenvalue weighted by Gasteiger charge is -2.14. The van der Waals surface area contributed by atoms with Gasteiger partial charge in [0, 0.05) is 5.33 Å². The Kier molecular flexibility index (Phi) is 4.21. The quantitative estimate of drug-likeness (QED) is 0.778. The van der Waals surface area contributed by atoms with Gasteiger partial charge in [-0.15, -0.1) is 0 Å². The highest BCUT2D eigenvalue weighted by Gasteiger charge is 2.12. The van der Waals surface area contributed by atoms with E-state index in [2.05, 4.69) is 22.5 Å². The third-order valence-electron chi connectivity index (χ3n) is 2.15. The summed E-state index contributed by atoms with van der Waals surface area (Å²) in [7, 11) is 3.30. The van der Waals surface area contributed by atoms with Gasteiger partial charge >= 0.3 is 0 Å². The lowest BCUT2D eigenvalue weighted by atomic mass is 10.0. The van der Waals surface area contributed by atoms with E-state index in [1.54, 1.807) is 14.2 Å². The summed E-state index contributed by atoms with van der Waals surface area (Å²) in [6.07, 6.45) is 0. The Morgan fingerprint density at radius 3 is 2.00 bits per heavy atom. The molecule has 0 radical (unpaired) electrons. The predicted molar refractivity (Wildman–Crippen MR) is 66.9 cm³/mol. The largest absolute Gasteiger partial charge is 0.496 e. The van der Waals surface area contributed by atoms with E-state index in [9.17, 15) is 0 Å². The molecule has 0 saturated carbocycles. The average Bonchev–Trinajstić information content (AvgIpc) is 2.26. The molecule has 0 saturated heterocycles. The van der Waals surface area contributed by atoms with Crippen molar-refractivity contribution >= 4 is 21.5 Å². The normalized spacial score (nSPS) is 9.87. The van der Waals surface area contributed by atoms with E-state index < -0.39 is 0 Å². The van der Waals surface area contributed by atoms with E-state index in [0.29, 0.717) is 0 Å². The summed E-state index contributed by atoms with van der Waals surface area (Å²) in [6, 6.07) is 3.97. The fraction of sp³-hybridized carbons (Fsp3) is 0.333. The first-order valence-corrected chi connectivity index (χ1v) is 5.73. The molecular formula is C12H15BrO2. The molecule has 0 bridgehead atoms. The van der Waals surface area contributed by atoms with E-state index in [1.165, 1.54) is 0 Å². The number of ether oxygens (including phenoxy) is 2. The second-order valence-corrected chi connectivity index (χ2v) is 3.85. The molecule has 0 unspecified atom stereocenters. The maximum atomic E-state index is 5.33. The van der Waals surface area contributed by atoms with Crippen molar-refractivity contribution in [3.05, 3.63) is 29.8 Å². The summed E-state index contributed by atoms with van der Waals surface area (Å²) in [6.45, 7) is 5.87. The van der Waals surface area contributed by atoms with Gasteiger partial charge in [0.15, 0.2) is 0 Å². The van der Waals surface area contributed by atoms with Crippen LogP contribution in [0, 0.1) is 0 Å². The number of benzene rings is 1. The van der Waals surface area contributed by atoms with Crippen LogP contribution >= 0.6 is 15.9 Å². The van der Waals surface area contributed by atoms with E-state index in [1.807, 2.05) is 19.1 Å². The van der Waals surface area contributed by atoms with E-state index in [0.717, 1.165) is 33.5 Å². The summed E-state index contributed by atoms with van der Waals surface area (Å²) in [4.78, 5) is 0. The topological polar surface area (TPSA) is 18.5 Å². The van der Waals surface area contributed by atoms with Crippen LogP contribution in [-0.2, 0) is 5.33 Å². The molecule has 0 N–H and O–H groups in total. The Balaban J connectivity index is 3.39. The van der Waals surface area contributed by atoms with Crippen LogP contribution in [0.25, 0.3) is 5.57 Å². The van der Waals surface area contributed by atoms with Gasteiger partial charge in [-0.2, -0.15) is 0 Å². The maximum Gasteiger partial charge on any atom is 0.130 e. The first-order valence-electron chi connectivity index (χ1n) is 4.60. The molecule has 0 aliphatic heterocycles. The number of halogens is 1. The van der Waals surface area contributed by atoms with Crippen molar-refractivity contribution in [3.8, 4) is 11.5 Å². The SMILES string of the molecule is C=C(C)c1c(OC)cc(CBr)cc1OC. The third kappa shape index (κ3) is 2.53. The van der Waals surface area contributed by atoms with Crippen LogP contribution in [0.3, 0.4) is 0 Å². The molecule has 3 heteroatoms. The monoisotopic (exact) mass is 270 g/mol. The Morgan fingerprint density at radius 1 is 1.27 bits per heavy atom. The minimum absolute atomic E-state index is 0.774. The fourth-order valence-corrected chi connectivity index (χ4v) is 1.79. The van der Waals surface area contributed by atoms with E-state index in [-0.39, 0.29) is 0 Å². The Morgan fingerprint density at radius 2 is 1.73 bits per heavy atom. The number of allylic oxidation sites excluding steroid dienone is 1. The zero-order valence-corrected chi connectivity index (χ0v) is 10.8. The minimum Gasteiger partial charge on any atom is -0.496 e. The van der Waals surface area contributed by atoms with Gasteiger partial charge in [-0.3, -0.25) is 0 Å². The van der Waals surface area contributed by atoms with Crippen molar-refractivity contribution in [3.63, 3.8) is 0 Å². The summed E-state index contributed by atoms with van der Waals surface area (Å²) >= 11 is 3.41. The molecule has 2 nitrogen and oxygen atoms in total. The first-order chi connectivity index (χ1) is 7.13. The second kappa shape index (κ2) is 5.21. The molecule has 82 valence electrons. The summed E-state index contributed by atoms with van der Waals surface area (Å²) in [5.41, 5.74) is 2.99. The Hall–Kier alpha value is -0.960. The molecule has 0 aliphatic carbocycles. The molecule has 1 aromatic rings. The van der Waals surface area contributed by atoms with Crippen molar-refractivity contribution in [2.24, 2.45) is 0 Å². The summed E-state index contributed by atoms with van der Waals surface area (Å²) in [5, 5.41) is 0.774. The molecule has 0 fully saturated rings. The average molecular weight is 271 g/mol. The maximum absolute atomic E-state index is 5.33. The van der Waals surface area contributed by atoms with Crippen LogP contribution in [0.5, 0.6) is 11.5 Å². The molecule has 0 aliphatic rings. The summed E-state index contributed by atoms with van der Waals surface area (Å²) in [5.74, 6) is 1.60. The fourth-order valence-electron chi connectivity index (χ4n) is 1.46. The molecule has 0 spiro atoms. The zero-order chi connectivity index (χ0) is 11.4. The Labute approximate surface area is 99.0 Å². The van der Waals surface area contributed by atoms with Crippen molar-refractivity contribution in [2.75, 3.05) is 14.2 Å².